The van der Waals surface area contributed by atoms with E-state index in [1.54, 1.807) is 11.3 Å². The lowest BCUT2D eigenvalue weighted by Crippen LogP contribution is -2.08. The van der Waals surface area contributed by atoms with E-state index in [-0.39, 0.29) is 6.04 Å². The monoisotopic (exact) mass is 257 g/mol. The highest BCUT2D eigenvalue weighted by Gasteiger charge is 2.06. The summed E-state index contributed by atoms with van der Waals surface area (Å²) in [5.41, 5.74) is 7.17. The molecule has 0 bridgehead atoms. The third-order valence-electron chi connectivity index (χ3n) is 1.77. The van der Waals surface area contributed by atoms with Gasteiger partial charge in [0.15, 0.2) is 0 Å². The molecule has 1 nitrogen and oxygen atoms in total. The van der Waals surface area contributed by atoms with Gasteiger partial charge < -0.3 is 5.73 Å². The summed E-state index contributed by atoms with van der Waals surface area (Å²) < 4.78 is 1.14. The van der Waals surface area contributed by atoms with Crippen molar-refractivity contribution >= 4 is 27.3 Å². The third kappa shape index (κ3) is 3.51. The van der Waals surface area contributed by atoms with Gasteiger partial charge in [-0.15, -0.1) is 23.2 Å². The lowest BCUT2D eigenvalue weighted by molar-refractivity contribution is 0.670. The molecule has 1 atom stereocenters. The molecule has 0 aliphatic carbocycles. The van der Waals surface area contributed by atoms with Gasteiger partial charge in [-0.1, -0.05) is 0 Å². The van der Waals surface area contributed by atoms with Crippen molar-refractivity contribution in [2.75, 3.05) is 0 Å². The molecule has 3 heteroatoms. The highest BCUT2D eigenvalue weighted by molar-refractivity contribution is 9.11. The number of halogens is 1. The molecule has 1 aromatic rings. The first-order valence-corrected chi connectivity index (χ1v) is 5.80. The molecule has 1 aromatic heterocycles. The van der Waals surface area contributed by atoms with E-state index in [2.05, 4.69) is 39.2 Å². The molecule has 0 aromatic carbocycles. The Balaban J connectivity index is 2.47. The highest BCUT2D eigenvalue weighted by Crippen LogP contribution is 2.26. The third-order valence-corrected chi connectivity index (χ3v) is 3.30. The first kappa shape index (κ1) is 10.8. The summed E-state index contributed by atoms with van der Waals surface area (Å²) in [7, 11) is 0. The molecule has 1 heterocycles. The molecular formula is C10H12BrNS. The fourth-order valence-corrected chi connectivity index (χ4v) is 2.28. The van der Waals surface area contributed by atoms with Crippen LogP contribution >= 0.6 is 27.3 Å². The van der Waals surface area contributed by atoms with E-state index in [1.165, 1.54) is 5.56 Å². The molecule has 1 rings (SSSR count). The molecule has 0 fully saturated rings. The van der Waals surface area contributed by atoms with Crippen LogP contribution in [-0.4, -0.2) is 0 Å². The molecule has 0 saturated carbocycles. The van der Waals surface area contributed by atoms with Gasteiger partial charge in [-0.3, -0.25) is 0 Å². The van der Waals surface area contributed by atoms with Crippen molar-refractivity contribution < 1.29 is 0 Å². The Hall–Kier alpha value is -0.300. The van der Waals surface area contributed by atoms with Gasteiger partial charge in [-0.25, -0.2) is 0 Å². The lowest BCUT2D eigenvalue weighted by Gasteiger charge is -2.06. The van der Waals surface area contributed by atoms with Crippen LogP contribution < -0.4 is 5.73 Å². The van der Waals surface area contributed by atoms with Crippen molar-refractivity contribution in [3.8, 4) is 11.8 Å². The normalized spacial score (nSPS) is 11.9. The number of hydrogen-bond donors (Lipinski definition) is 1. The van der Waals surface area contributed by atoms with E-state index >= 15 is 0 Å². The predicted molar refractivity (Wildman–Crippen MR) is 61.6 cm³/mol. The second-order valence-corrected chi connectivity index (χ2v) is 5.05. The smallest absolute Gasteiger partial charge is 0.0701 e. The zero-order chi connectivity index (χ0) is 9.68. The standard InChI is InChI=1S/C10H12BrNS/c1-2-3-4-5-9(12)8-6-10(11)13-7-8/h6-7,9H,4-5,12H2,1H3. The summed E-state index contributed by atoms with van der Waals surface area (Å²) >= 11 is 5.09. The number of nitrogens with two attached hydrogens (primary N) is 1. The van der Waals surface area contributed by atoms with Gasteiger partial charge in [0.25, 0.3) is 0 Å². The first-order chi connectivity index (χ1) is 6.24. The van der Waals surface area contributed by atoms with Gasteiger partial charge in [0.1, 0.15) is 0 Å². The molecule has 0 aliphatic heterocycles. The Bertz CT molecular complexity index is 321. The van der Waals surface area contributed by atoms with E-state index in [9.17, 15) is 0 Å². The summed E-state index contributed by atoms with van der Waals surface area (Å²) in [5, 5.41) is 2.09. The molecule has 0 radical (unpaired) electrons. The van der Waals surface area contributed by atoms with Crippen molar-refractivity contribution in [3.05, 3.63) is 20.8 Å². The fourth-order valence-electron chi connectivity index (χ4n) is 1.04. The van der Waals surface area contributed by atoms with Crippen LogP contribution in [0.15, 0.2) is 15.2 Å². The lowest BCUT2D eigenvalue weighted by atomic mass is 10.1. The van der Waals surface area contributed by atoms with Crippen LogP contribution in [0.1, 0.15) is 31.4 Å². The van der Waals surface area contributed by atoms with E-state index in [0.29, 0.717) is 0 Å². The first-order valence-electron chi connectivity index (χ1n) is 4.13. The van der Waals surface area contributed by atoms with Gasteiger partial charge in [0.05, 0.1) is 3.79 Å². The van der Waals surface area contributed by atoms with Crippen molar-refractivity contribution in [1.82, 2.24) is 0 Å². The second kappa shape index (κ2) is 5.43. The molecule has 70 valence electrons. The maximum Gasteiger partial charge on any atom is 0.0701 e. The predicted octanol–water partition coefficient (Wildman–Crippen LogP) is 3.31. The zero-order valence-corrected chi connectivity index (χ0v) is 9.91. The quantitative estimate of drug-likeness (QED) is 0.827. The topological polar surface area (TPSA) is 26.0 Å². The summed E-state index contributed by atoms with van der Waals surface area (Å²) in [5.74, 6) is 5.88. The molecule has 1 unspecified atom stereocenters. The molecular weight excluding hydrogens is 246 g/mol. The van der Waals surface area contributed by atoms with Gasteiger partial charge >= 0.3 is 0 Å². The Labute approximate surface area is 91.5 Å². The van der Waals surface area contributed by atoms with Crippen molar-refractivity contribution in [2.45, 2.75) is 25.8 Å². The average Bonchev–Trinajstić information content (AvgIpc) is 2.52. The van der Waals surface area contributed by atoms with Crippen LogP contribution in [-0.2, 0) is 0 Å². The average molecular weight is 258 g/mol. The van der Waals surface area contributed by atoms with Crippen LogP contribution in [0, 0.1) is 11.8 Å². The maximum atomic E-state index is 5.97. The molecule has 2 N–H and O–H groups in total. The minimum absolute atomic E-state index is 0.128. The molecule has 13 heavy (non-hydrogen) atoms. The van der Waals surface area contributed by atoms with Crippen molar-refractivity contribution in [3.63, 3.8) is 0 Å². The molecule has 0 spiro atoms. The SMILES string of the molecule is CC#CCCC(N)c1csc(Br)c1. The van der Waals surface area contributed by atoms with Crippen LogP contribution in [0.3, 0.4) is 0 Å². The molecule has 0 aliphatic rings. The van der Waals surface area contributed by atoms with E-state index < -0.39 is 0 Å². The summed E-state index contributed by atoms with van der Waals surface area (Å²) in [6.07, 6.45) is 1.81. The summed E-state index contributed by atoms with van der Waals surface area (Å²) in [6.45, 7) is 1.85. The minimum atomic E-state index is 0.128. The summed E-state index contributed by atoms with van der Waals surface area (Å²) in [6, 6.07) is 2.21. The second-order valence-electron chi connectivity index (χ2n) is 2.76. The van der Waals surface area contributed by atoms with E-state index in [0.717, 1.165) is 16.6 Å². The van der Waals surface area contributed by atoms with Crippen molar-refractivity contribution in [1.29, 1.82) is 0 Å². The molecule has 0 saturated heterocycles. The van der Waals surface area contributed by atoms with Gasteiger partial charge in [0, 0.05) is 12.5 Å². The minimum Gasteiger partial charge on any atom is -0.324 e. The Kier molecular flexibility index (Phi) is 4.51. The number of hydrogen-bond acceptors (Lipinski definition) is 2. The van der Waals surface area contributed by atoms with Gasteiger partial charge in [-0.05, 0) is 46.3 Å². The Morgan fingerprint density at radius 1 is 1.69 bits per heavy atom. The van der Waals surface area contributed by atoms with E-state index in [4.69, 9.17) is 5.73 Å². The van der Waals surface area contributed by atoms with Crippen LogP contribution in [0.5, 0.6) is 0 Å². The highest BCUT2D eigenvalue weighted by atomic mass is 79.9. The van der Waals surface area contributed by atoms with Crippen LogP contribution in [0.2, 0.25) is 0 Å². The fraction of sp³-hybridized carbons (Fsp3) is 0.400. The van der Waals surface area contributed by atoms with Gasteiger partial charge in [-0.2, -0.15) is 0 Å². The maximum absolute atomic E-state index is 5.97. The van der Waals surface area contributed by atoms with Crippen LogP contribution in [0.25, 0.3) is 0 Å². The largest absolute Gasteiger partial charge is 0.324 e. The Morgan fingerprint density at radius 2 is 2.46 bits per heavy atom. The van der Waals surface area contributed by atoms with E-state index in [1.807, 2.05) is 6.92 Å². The van der Waals surface area contributed by atoms with Gasteiger partial charge in [0.2, 0.25) is 0 Å². The van der Waals surface area contributed by atoms with Crippen LogP contribution in [0.4, 0.5) is 0 Å². The molecule has 0 amide bonds. The zero-order valence-electron chi connectivity index (χ0n) is 7.51. The number of thiophene rings is 1. The Morgan fingerprint density at radius 3 is 3.00 bits per heavy atom. The number of rotatable bonds is 3. The van der Waals surface area contributed by atoms with Crippen molar-refractivity contribution in [2.24, 2.45) is 5.73 Å². The summed E-state index contributed by atoms with van der Waals surface area (Å²) in [4.78, 5) is 0.